The molecule has 1 aromatic heterocycles. The number of halogens is 1. The van der Waals surface area contributed by atoms with Gasteiger partial charge in [0.1, 0.15) is 11.5 Å². The Balaban J connectivity index is 2.21. The molecule has 0 bridgehead atoms. The van der Waals surface area contributed by atoms with Crippen LogP contribution >= 0.6 is 0 Å². The highest BCUT2D eigenvalue weighted by molar-refractivity contribution is 6.39. The lowest BCUT2D eigenvalue weighted by Gasteiger charge is -2.07. The monoisotopic (exact) mass is 332 g/mol. The van der Waals surface area contributed by atoms with E-state index in [0.717, 1.165) is 7.11 Å². The van der Waals surface area contributed by atoms with Crippen LogP contribution in [0, 0.1) is 5.82 Å². The third-order valence-electron chi connectivity index (χ3n) is 3.10. The standard InChI is InChI=1S/C16H13FN2O5/c1-24-16(23)14(21)6-13(20)15(22)12-7-18-9-19(12)8-10-2-4-11(17)5-3-10/h2-7,9,20H,8H2,1H3. The number of aliphatic hydroxyl groups is 1. The molecule has 8 heteroatoms. The number of aromatic nitrogens is 2. The van der Waals surface area contributed by atoms with Crippen molar-refractivity contribution in [2.24, 2.45) is 0 Å². The lowest BCUT2D eigenvalue weighted by Crippen LogP contribution is -2.16. The van der Waals surface area contributed by atoms with E-state index in [4.69, 9.17) is 0 Å². The van der Waals surface area contributed by atoms with Gasteiger partial charge in [-0.15, -0.1) is 0 Å². The zero-order chi connectivity index (χ0) is 17.7. The third kappa shape index (κ3) is 3.92. The van der Waals surface area contributed by atoms with E-state index in [1.807, 2.05) is 0 Å². The molecule has 2 rings (SSSR count). The van der Waals surface area contributed by atoms with E-state index < -0.39 is 23.3 Å². The van der Waals surface area contributed by atoms with Crippen LogP contribution in [0.25, 0.3) is 0 Å². The van der Waals surface area contributed by atoms with Gasteiger partial charge in [-0.25, -0.2) is 14.2 Å². The van der Waals surface area contributed by atoms with Crippen LogP contribution in [0.3, 0.4) is 0 Å². The van der Waals surface area contributed by atoms with Crippen LogP contribution < -0.4 is 0 Å². The molecule has 0 fully saturated rings. The third-order valence-corrected chi connectivity index (χ3v) is 3.10. The van der Waals surface area contributed by atoms with Gasteiger partial charge in [-0.05, 0) is 17.7 Å². The number of nitrogens with zero attached hydrogens (tertiary/aromatic N) is 2. The number of allylic oxidation sites excluding steroid dienone is 1. The van der Waals surface area contributed by atoms with Gasteiger partial charge in [0.15, 0.2) is 5.76 Å². The van der Waals surface area contributed by atoms with Crippen molar-refractivity contribution in [2.75, 3.05) is 7.11 Å². The van der Waals surface area contributed by atoms with E-state index in [0.29, 0.717) is 11.6 Å². The maximum absolute atomic E-state index is 12.9. The normalized spacial score (nSPS) is 11.2. The maximum Gasteiger partial charge on any atom is 0.378 e. The molecule has 0 radical (unpaired) electrons. The summed E-state index contributed by atoms with van der Waals surface area (Å²) in [5.41, 5.74) is 0.711. The molecule has 124 valence electrons. The summed E-state index contributed by atoms with van der Waals surface area (Å²) in [6, 6.07) is 5.64. The molecule has 0 spiro atoms. The van der Waals surface area contributed by atoms with Crippen LogP contribution in [0.1, 0.15) is 16.1 Å². The van der Waals surface area contributed by atoms with Gasteiger partial charge < -0.3 is 14.4 Å². The number of imidazole rings is 1. The average Bonchev–Trinajstić information content (AvgIpc) is 3.03. The number of hydrogen-bond donors (Lipinski definition) is 1. The maximum atomic E-state index is 12.9. The molecule has 2 aromatic rings. The second-order valence-corrected chi connectivity index (χ2v) is 4.75. The molecule has 0 unspecified atom stereocenters. The quantitative estimate of drug-likeness (QED) is 0.282. The number of aliphatic hydroxyl groups excluding tert-OH is 1. The Morgan fingerprint density at radius 2 is 1.96 bits per heavy atom. The Bertz CT molecular complexity index is 808. The number of carbonyl (C=O) groups is 3. The van der Waals surface area contributed by atoms with Gasteiger partial charge in [0.05, 0.1) is 19.6 Å². The molecule has 0 saturated carbocycles. The lowest BCUT2D eigenvalue weighted by molar-refractivity contribution is -0.149. The number of benzene rings is 1. The number of Topliss-reactive ketones (excluding diaryl/α,β-unsaturated/α-hetero) is 1. The van der Waals surface area contributed by atoms with Crippen molar-refractivity contribution in [1.82, 2.24) is 9.55 Å². The lowest BCUT2D eigenvalue weighted by atomic mass is 10.2. The first kappa shape index (κ1) is 17.1. The highest BCUT2D eigenvalue weighted by Gasteiger charge is 2.20. The van der Waals surface area contributed by atoms with Crippen molar-refractivity contribution < 1.29 is 28.6 Å². The van der Waals surface area contributed by atoms with Gasteiger partial charge in [0, 0.05) is 12.6 Å². The van der Waals surface area contributed by atoms with Crippen molar-refractivity contribution in [2.45, 2.75) is 6.54 Å². The molecule has 0 amide bonds. The van der Waals surface area contributed by atoms with Crippen molar-refractivity contribution in [1.29, 1.82) is 0 Å². The molecular formula is C16H13FN2O5. The topological polar surface area (TPSA) is 98.5 Å². The largest absolute Gasteiger partial charge is 0.504 e. The van der Waals surface area contributed by atoms with E-state index in [-0.39, 0.29) is 18.1 Å². The number of rotatable bonds is 6. The van der Waals surface area contributed by atoms with Crippen molar-refractivity contribution in [3.63, 3.8) is 0 Å². The molecule has 0 aliphatic carbocycles. The molecule has 0 atom stereocenters. The van der Waals surface area contributed by atoms with Gasteiger partial charge in [0.2, 0.25) is 5.78 Å². The molecule has 1 heterocycles. The number of methoxy groups -OCH3 is 1. The Labute approximate surface area is 136 Å². The predicted molar refractivity (Wildman–Crippen MR) is 79.8 cm³/mol. The average molecular weight is 332 g/mol. The summed E-state index contributed by atoms with van der Waals surface area (Å²) in [7, 11) is 1.00. The minimum Gasteiger partial charge on any atom is -0.504 e. The Morgan fingerprint density at radius 1 is 1.29 bits per heavy atom. The van der Waals surface area contributed by atoms with Gasteiger partial charge in [0.25, 0.3) is 5.78 Å². The Morgan fingerprint density at radius 3 is 2.58 bits per heavy atom. The second-order valence-electron chi connectivity index (χ2n) is 4.75. The fourth-order valence-corrected chi connectivity index (χ4v) is 1.90. The van der Waals surface area contributed by atoms with Crippen LogP contribution in [-0.2, 0) is 20.9 Å². The Kier molecular flexibility index (Phi) is 5.20. The smallest absolute Gasteiger partial charge is 0.378 e. The number of ether oxygens (including phenoxy) is 1. The summed E-state index contributed by atoms with van der Waals surface area (Å²) < 4.78 is 18.5. The highest BCUT2D eigenvalue weighted by Crippen LogP contribution is 2.11. The number of carbonyl (C=O) groups excluding carboxylic acids is 3. The van der Waals surface area contributed by atoms with Crippen molar-refractivity contribution in [3.8, 4) is 0 Å². The van der Waals surface area contributed by atoms with Crippen LogP contribution in [0.2, 0.25) is 0 Å². The fourth-order valence-electron chi connectivity index (χ4n) is 1.90. The molecule has 7 nitrogen and oxygen atoms in total. The van der Waals surface area contributed by atoms with Crippen molar-refractivity contribution in [3.05, 3.63) is 65.7 Å². The van der Waals surface area contributed by atoms with Gasteiger partial charge >= 0.3 is 5.97 Å². The van der Waals surface area contributed by atoms with Crippen LogP contribution in [-0.4, -0.2) is 39.3 Å². The molecule has 1 aromatic carbocycles. The summed E-state index contributed by atoms with van der Waals surface area (Å²) in [5.74, 6) is -4.54. The summed E-state index contributed by atoms with van der Waals surface area (Å²) in [4.78, 5) is 38.3. The van der Waals surface area contributed by atoms with E-state index in [2.05, 4.69) is 9.72 Å². The van der Waals surface area contributed by atoms with E-state index in [1.165, 1.54) is 29.2 Å². The van der Waals surface area contributed by atoms with E-state index in [1.54, 1.807) is 12.1 Å². The van der Waals surface area contributed by atoms with E-state index in [9.17, 15) is 23.9 Å². The summed E-state index contributed by atoms with van der Waals surface area (Å²) in [6.07, 6.45) is 3.05. The van der Waals surface area contributed by atoms with Gasteiger partial charge in [-0.2, -0.15) is 0 Å². The minimum atomic E-state index is -1.20. The van der Waals surface area contributed by atoms with Gasteiger partial charge in [-0.3, -0.25) is 9.59 Å². The van der Waals surface area contributed by atoms with Crippen LogP contribution in [0.4, 0.5) is 4.39 Å². The molecule has 0 aliphatic rings. The molecule has 0 aliphatic heterocycles. The molecular weight excluding hydrogens is 319 g/mol. The fraction of sp³-hybridized carbons (Fsp3) is 0.125. The molecule has 0 saturated heterocycles. The van der Waals surface area contributed by atoms with Crippen LogP contribution in [0.5, 0.6) is 0 Å². The zero-order valence-electron chi connectivity index (χ0n) is 12.6. The van der Waals surface area contributed by atoms with Gasteiger partial charge in [-0.1, -0.05) is 12.1 Å². The summed E-state index contributed by atoms with van der Waals surface area (Å²) >= 11 is 0. The zero-order valence-corrected chi connectivity index (χ0v) is 12.6. The van der Waals surface area contributed by atoms with Crippen LogP contribution in [0.15, 0.2) is 48.6 Å². The summed E-state index contributed by atoms with van der Waals surface area (Å²) in [5, 5.41) is 9.72. The first-order chi connectivity index (χ1) is 11.4. The Hall–Kier alpha value is -3.29. The number of ketones is 2. The van der Waals surface area contributed by atoms with Crippen molar-refractivity contribution >= 4 is 17.5 Å². The van der Waals surface area contributed by atoms with E-state index >= 15 is 0 Å². The summed E-state index contributed by atoms with van der Waals surface area (Å²) in [6.45, 7) is 0.208. The predicted octanol–water partition coefficient (Wildman–Crippen LogP) is 1.44. The number of esters is 1. The SMILES string of the molecule is COC(=O)C(=O)C=C(O)C(=O)c1cncn1Cc1ccc(F)cc1. The number of hydrogen-bond acceptors (Lipinski definition) is 6. The molecule has 24 heavy (non-hydrogen) atoms. The first-order valence-corrected chi connectivity index (χ1v) is 6.74. The molecule has 1 N–H and O–H groups in total. The second kappa shape index (κ2) is 7.32. The minimum absolute atomic E-state index is 0.00532. The highest BCUT2D eigenvalue weighted by atomic mass is 19.1. The first-order valence-electron chi connectivity index (χ1n) is 6.74.